The SMILES string of the molecule is CN(Cc1ccc(F)cc1)c1cc(C(=O)C(F)(F)F)cc(N=O)c1N. The molecular formula is C16H13F4N3O2. The Bertz CT molecular complexity index is 804. The molecule has 5 nitrogen and oxygen atoms in total. The van der Waals surface area contributed by atoms with E-state index in [1.807, 2.05) is 0 Å². The van der Waals surface area contributed by atoms with Crippen LogP contribution in [0.25, 0.3) is 0 Å². The number of Topliss-reactive ketones (excluding diaryl/α,β-unsaturated/α-hetero) is 1. The molecule has 0 spiro atoms. The first-order chi connectivity index (χ1) is 11.6. The molecule has 0 amide bonds. The van der Waals surface area contributed by atoms with E-state index < -0.39 is 29.0 Å². The molecule has 0 fully saturated rings. The van der Waals surface area contributed by atoms with E-state index in [9.17, 15) is 27.3 Å². The van der Waals surface area contributed by atoms with Gasteiger partial charge < -0.3 is 10.6 Å². The third-order valence-corrected chi connectivity index (χ3v) is 3.50. The second-order valence-electron chi connectivity index (χ2n) is 5.33. The topological polar surface area (TPSA) is 75.8 Å². The summed E-state index contributed by atoms with van der Waals surface area (Å²) in [5, 5.41) is 2.59. The molecule has 9 heteroatoms. The van der Waals surface area contributed by atoms with E-state index in [-0.39, 0.29) is 17.9 Å². The number of ketones is 1. The number of rotatable bonds is 5. The first-order valence-corrected chi connectivity index (χ1v) is 6.97. The van der Waals surface area contributed by atoms with Crippen molar-refractivity contribution in [3.63, 3.8) is 0 Å². The lowest BCUT2D eigenvalue weighted by molar-refractivity contribution is -0.0885. The lowest BCUT2D eigenvalue weighted by Gasteiger charge is -2.22. The van der Waals surface area contributed by atoms with Crippen molar-refractivity contribution in [2.45, 2.75) is 12.7 Å². The second kappa shape index (κ2) is 6.88. The zero-order chi connectivity index (χ0) is 18.8. The van der Waals surface area contributed by atoms with Crippen molar-refractivity contribution in [2.75, 3.05) is 17.7 Å². The number of nitrogens with zero attached hydrogens (tertiary/aromatic N) is 2. The Balaban J connectivity index is 2.43. The summed E-state index contributed by atoms with van der Waals surface area (Å²) in [7, 11) is 1.51. The minimum Gasteiger partial charge on any atom is -0.395 e. The van der Waals surface area contributed by atoms with E-state index in [4.69, 9.17) is 5.73 Å². The second-order valence-corrected chi connectivity index (χ2v) is 5.33. The van der Waals surface area contributed by atoms with Gasteiger partial charge in [0, 0.05) is 19.2 Å². The van der Waals surface area contributed by atoms with Gasteiger partial charge in [0.2, 0.25) is 0 Å². The van der Waals surface area contributed by atoms with Crippen LogP contribution in [-0.4, -0.2) is 19.0 Å². The average Bonchev–Trinajstić information content (AvgIpc) is 2.55. The highest BCUT2D eigenvalue weighted by Gasteiger charge is 2.40. The highest BCUT2D eigenvalue weighted by molar-refractivity contribution is 6.03. The number of carbonyl (C=O) groups is 1. The van der Waals surface area contributed by atoms with Gasteiger partial charge in [-0.1, -0.05) is 12.1 Å². The fourth-order valence-corrected chi connectivity index (χ4v) is 2.26. The lowest BCUT2D eigenvalue weighted by atomic mass is 10.1. The molecule has 25 heavy (non-hydrogen) atoms. The van der Waals surface area contributed by atoms with Crippen LogP contribution in [0, 0.1) is 10.7 Å². The van der Waals surface area contributed by atoms with E-state index in [1.54, 1.807) is 0 Å². The van der Waals surface area contributed by atoms with Gasteiger partial charge in [-0.15, -0.1) is 4.91 Å². The maximum Gasteiger partial charge on any atom is 0.454 e. The minimum atomic E-state index is -5.09. The van der Waals surface area contributed by atoms with Crippen LogP contribution in [0.15, 0.2) is 41.6 Å². The molecule has 0 heterocycles. The number of hydrogen-bond donors (Lipinski definition) is 1. The van der Waals surface area contributed by atoms with Gasteiger partial charge in [0.25, 0.3) is 5.78 Å². The molecule has 0 saturated carbocycles. The van der Waals surface area contributed by atoms with Crippen LogP contribution in [0.2, 0.25) is 0 Å². The average molecular weight is 355 g/mol. The molecular weight excluding hydrogens is 342 g/mol. The van der Waals surface area contributed by atoms with Gasteiger partial charge >= 0.3 is 6.18 Å². The number of halogens is 4. The zero-order valence-corrected chi connectivity index (χ0v) is 13.0. The molecule has 0 aliphatic carbocycles. The fraction of sp³-hybridized carbons (Fsp3) is 0.188. The van der Waals surface area contributed by atoms with Gasteiger partial charge in [-0.05, 0) is 35.0 Å². The Labute approximate surface area is 140 Å². The van der Waals surface area contributed by atoms with Gasteiger partial charge in [-0.3, -0.25) is 4.79 Å². The maximum atomic E-state index is 12.9. The number of carbonyl (C=O) groups excluding carboxylic acids is 1. The molecule has 2 aromatic carbocycles. The van der Waals surface area contributed by atoms with E-state index in [0.29, 0.717) is 11.6 Å². The Morgan fingerprint density at radius 1 is 1.20 bits per heavy atom. The summed E-state index contributed by atoms with van der Waals surface area (Å²) in [4.78, 5) is 23.7. The number of benzene rings is 2. The van der Waals surface area contributed by atoms with E-state index in [1.165, 1.54) is 36.2 Å². The smallest absolute Gasteiger partial charge is 0.395 e. The predicted octanol–water partition coefficient (Wildman–Crippen LogP) is 4.19. The first kappa shape index (κ1) is 18.4. The van der Waals surface area contributed by atoms with Crippen molar-refractivity contribution in [2.24, 2.45) is 5.18 Å². The highest BCUT2D eigenvalue weighted by atomic mass is 19.4. The van der Waals surface area contributed by atoms with Crippen LogP contribution >= 0.6 is 0 Å². The van der Waals surface area contributed by atoms with Crippen molar-refractivity contribution in [1.82, 2.24) is 0 Å². The van der Waals surface area contributed by atoms with Crippen molar-refractivity contribution in [3.8, 4) is 0 Å². The maximum absolute atomic E-state index is 12.9. The molecule has 2 aromatic rings. The van der Waals surface area contributed by atoms with Crippen molar-refractivity contribution in [1.29, 1.82) is 0 Å². The summed E-state index contributed by atoms with van der Waals surface area (Å²) in [6.07, 6.45) is -5.09. The number of nitrogens with two attached hydrogens (primary N) is 1. The number of hydrogen-bond acceptors (Lipinski definition) is 5. The van der Waals surface area contributed by atoms with Crippen molar-refractivity contribution in [3.05, 3.63) is 58.2 Å². The van der Waals surface area contributed by atoms with Crippen molar-refractivity contribution < 1.29 is 22.4 Å². The van der Waals surface area contributed by atoms with Gasteiger partial charge in [-0.25, -0.2) is 4.39 Å². The molecule has 2 N–H and O–H groups in total. The third kappa shape index (κ3) is 4.11. The molecule has 0 bridgehead atoms. The Morgan fingerprint density at radius 3 is 2.32 bits per heavy atom. The molecule has 0 aliphatic heterocycles. The number of anilines is 2. The molecule has 0 aromatic heterocycles. The van der Waals surface area contributed by atoms with Gasteiger partial charge in [0.1, 0.15) is 11.5 Å². The summed E-state index contributed by atoms with van der Waals surface area (Å²) < 4.78 is 50.9. The number of nitroso groups, excluding NO2 is 1. The fourth-order valence-electron chi connectivity index (χ4n) is 2.26. The summed E-state index contributed by atoms with van der Waals surface area (Å²) in [6.45, 7) is 0.159. The Morgan fingerprint density at radius 2 is 1.80 bits per heavy atom. The molecule has 0 saturated heterocycles. The predicted molar refractivity (Wildman–Crippen MR) is 85.2 cm³/mol. The van der Waals surface area contributed by atoms with Crippen LogP contribution < -0.4 is 10.6 Å². The van der Waals surface area contributed by atoms with E-state index in [0.717, 1.165) is 6.07 Å². The van der Waals surface area contributed by atoms with Crippen molar-refractivity contribution >= 4 is 22.8 Å². The Kier molecular flexibility index (Phi) is 5.05. The van der Waals surface area contributed by atoms with Crippen LogP contribution in [0.5, 0.6) is 0 Å². The lowest BCUT2D eigenvalue weighted by Crippen LogP contribution is -2.24. The minimum absolute atomic E-state index is 0.0361. The quantitative estimate of drug-likeness (QED) is 0.378. The van der Waals surface area contributed by atoms with Crippen LogP contribution in [0.4, 0.5) is 34.6 Å². The summed E-state index contributed by atoms with van der Waals surface area (Å²) in [5.41, 5.74) is 5.09. The number of nitrogen functional groups attached to an aromatic ring is 1. The van der Waals surface area contributed by atoms with E-state index >= 15 is 0 Å². The first-order valence-electron chi connectivity index (χ1n) is 6.97. The van der Waals surface area contributed by atoms with Crippen LogP contribution in [-0.2, 0) is 6.54 Å². The molecule has 0 radical (unpaired) electrons. The monoisotopic (exact) mass is 355 g/mol. The third-order valence-electron chi connectivity index (χ3n) is 3.50. The molecule has 0 atom stereocenters. The number of alkyl halides is 3. The highest BCUT2D eigenvalue weighted by Crippen LogP contribution is 2.36. The van der Waals surface area contributed by atoms with E-state index in [2.05, 4.69) is 5.18 Å². The van der Waals surface area contributed by atoms with Gasteiger partial charge in [0.05, 0.1) is 11.4 Å². The van der Waals surface area contributed by atoms with Crippen LogP contribution in [0.3, 0.4) is 0 Å². The summed E-state index contributed by atoms with van der Waals surface area (Å²) in [6, 6.07) is 7.09. The summed E-state index contributed by atoms with van der Waals surface area (Å²) >= 11 is 0. The molecule has 0 unspecified atom stereocenters. The zero-order valence-electron chi connectivity index (χ0n) is 13.0. The largest absolute Gasteiger partial charge is 0.454 e. The van der Waals surface area contributed by atoms with Gasteiger partial charge in [0.15, 0.2) is 0 Å². The standard InChI is InChI=1S/C16H13F4N3O2/c1-23(8-9-2-4-11(17)5-3-9)13-7-10(15(24)16(18,19)20)6-12(22-25)14(13)21/h2-7H,8,21H2,1H3. The molecule has 0 aliphatic rings. The van der Waals surface area contributed by atoms with Gasteiger partial charge in [-0.2, -0.15) is 13.2 Å². The normalized spacial score (nSPS) is 11.2. The Hall–Kier alpha value is -2.97. The summed E-state index contributed by atoms with van der Waals surface area (Å²) in [5.74, 6) is -2.54. The van der Waals surface area contributed by atoms with Crippen LogP contribution in [0.1, 0.15) is 15.9 Å². The molecule has 132 valence electrons. The molecule has 2 rings (SSSR count).